The van der Waals surface area contributed by atoms with E-state index in [1.54, 1.807) is 24.3 Å². The van der Waals surface area contributed by atoms with Gasteiger partial charge in [0.25, 0.3) is 5.69 Å². The second-order valence-corrected chi connectivity index (χ2v) is 13.1. The number of benzene rings is 3. The molecule has 4 atom stereocenters. The van der Waals surface area contributed by atoms with Gasteiger partial charge in [-0.25, -0.2) is 8.78 Å². The number of hydrogen-bond acceptors (Lipinski definition) is 6. The topological polar surface area (TPSA) is 108 Å². The van der Waals surface area contributed by atoms with Gasteiger partial charge in [-0.1, -0.05) is 41.4 Å². The molecular weight excluding hydrogens is 669 g/mol. The number of nitrogens with one attached hydrogen (secondary N) is 2. The van der Waals surface area contributed by atoms with Crippen molar-refractivity contribution >= 4 is 56.4 Å². The van der Waals surface area contributed by atoms with Crippen LogP contribution in [0.2, 0.25) is 10.0 Å². The van der Waals surface area contributed by atoms with Gasteiger partial charge < -0.3 is 15.7 Å². The van der Waals surface area contributed by atoms with E-state index in [2.05, 4.69) is 26.6 Å². The van der Waals surface area contributed by atoms with Crippen molar-refractivity contribution in [2.24, 2.45) is 5.92 Å². The molecule has 43 heavy (non-hydrogen) atoms. The van der Waals surface area contributed by atoms with Crippen LogP contribution in [-0.4, -0.2) is 51.6 Å². The molecule has 3 aliphatic rings. The summed E-state index contributed by atoms with van der Waals surface area (Å²) in [7, 11) is 0. The maximum atomic E-state index is 16.0. The number of carbonyl (C=O) groups is 1. The van der Waals surface area contributed by atoms with E-state index in [-0.39, 0.29) is 57.7 Å². The highest BCUT2D eigenvalue weighted by molar-refractivity contribution is 9.10. The molecule has 1 saturated carbocycles. The van der Waals surface area contributed by atoms with Gasteiger partial charge >= 0.3 is 0 Å². The van der Waals surface area contributed by atoms with Gasteiger partial charge in [-0.15, -0.1) is 0 Å². The Morgan fingerprint density at radius 2 is 1.95 bits per heavy atom. The number of anilines is 1. The lowest BCUT2D eigenvalue weighted by Crippen LogP contribution is -2.61. The number of amides is 1. The van der Waals surface area contributed by atoms with Crippen LogP contribution < -0.4 is 10.6 Å². The molecule has 3 N–H and O–H groups in total. The van der Waals surface area contributed by atoms with Crippen molar-refractivity contribution in [1.82, 2.24) is 10.2 Å². The summed E-state index contributed by atoms with van der Waals surface area (Å²) in [4.78, 5) is 27.6. The Bertz CT molecular complexity index is 1630. The highest BCUT2D eigenvalue weighted by Crippen LogP contribution is 2.53. The van der Waals surface area contributed by atoms with E-state index in [0.29, 0.717) is 17.3 Å². The first-order chi connectivity index (χ1) is 20.5. The first kappa shape index (κ1) is 30.4. The summed E-state index contributed by atoms with van der Waals surface area (Å²) in [5.74, 6) is -2.36. The van der Waals surface area contributed by atoms with Crippen molar-refractivity contribution in [2.75, 3.05) is 18.5 Å². The van der Waals surface area contributed by atoms with E-state index in [0.717, 1.165) is 30.5 Å². The van der Waals surface area contributed by atoms with E-state index >= 15 is 4.39 Å². The molecule has 226 valence electrons. The summed E-state index contributed by atoms with van der Waals surface area (Å²) in [6, 6.07) is 10.5. The maximum Gasteiger partial charge on any atom is 0.275 e. The molecule has 13 heteroatoms. The minimum absolute atomic E-state index is 0.0527. The fourth-order valence-corrected chi connectivity index (χ4v) is 7.45. The molecule has 3 aromatic rings. The first-order valence-corrected chi connectivity index (χ1v) is 15.4. The third-order valence-corrected chi connectivity index (χ3v) is 10.0. The number of halogens is 5. The summed E-state index contributed by atoms with van der Waals surface area (Å²) in [5.41, 5.74) is -0.0912. The van der Waals surface area contributed by atoms with E-state index in [1.807, 2.05) is 11.0 Å². The number of aliphatic hydroxyl groups is 1. The normalized spacial score (nSPS) is 25.2. The molecule has 2 fully saturated rings. The number of nitro groups is 1. The Morgan fingerprint density at radius 3 is 2.65 bits per heavy atom. The monoisotopic (exact) mass is 694 g/mol. The van der Waals surface area contributed by atoms with Crippen molar-refractivity contribution in [3.63, 3.8) is 0 Å². The van der Waals surface area contributed by atoms with Crippen LogP contribution in [-0.2, 0) is 17.8 Å². The summed E-state index contributed by atoms with van der Waals surface area (Å²) in [5, 5.41) is 29.3. The van der Waals surface area contributed by atoms with Gasteiger partial charge in [0.05, 0.1) is 21.0 Å². The fraction of sp³-hybridized carbons (Fsp3) is 0.367. The van der Waals surface area contributed by atoms with Crippen LogP contribution >= 0.6 is 39.1 Å². The zero-order valence-corrected chi connectivity index (χ0v) is 25.7. The highest BCUT2D eigenvalue weighted by Gasteiger charge is 2.65. The Labute approximate surface area is 264 Å². The van der Waals surface area contributed by atoms with Gasteiger partial charge in [0.1, 0.15) is 17.2 Å². The minimum atomic E-state index is -1.36. The lowest BCUT2D eigenvalue weighted by Gasteiger charge is -2.45. The van der Waals surface area contributed by atoms with E-state index in [1.165, 1.54) is 6.07 Å². The first-order valence-electron chi connectivity index (χ1n) is 13.8. The van der Waals surface area contributed by atoms with Gasteiger partial charge in [-0.2, -0.15) is 0 Å². The molecule has 6 rings (SSSR count). The summed E-state index contributed by atoms with van der Waals surface area (Å²) in [6.45, 7) is -0.0879. The molecule has 1 amide bonds. The molecule has 1 saturated heterocycles. The molecule has 0 radical (unpaired) electrons. The quantitative estimate of drug-likeness (QED) is 0.191. The molecule has 0 unspecified atom stereocenters. The lowest BCUT2D eigenvalue weighted by molar-refractivity contribution is -0.385. The van der Waals surface area contributed by atoms with Gasteiger partial charge in [-0.3, -0.25) is 19.8 Å². The molecule has 8 nitrogen and oxygen atoms in total. The molecule has 3 aromatic carbocycles. The number of aliphatic hydroxyl groups excluding tert-OH is 1. The fourth-order valence-electron chi connectivity index (χ4n) is 6.76. The van der Waals surface area contributed by atoms with E-state index in [9.17, 15) is 24.4 Å². The van der Waals surface area contributed by atoms with Gasteiger partial charge in [0.2, 0.25) is 5.91 Å². The highest BCUT2D eigenvalue weighted by atomic mass is 79.9. The Hall–Kier alpha value is -2.67. The van der Waals surface area contributed by atoms with Crippen molar-refractivity contribution in [2.45, 2.75) is 49.3 Å². The van der Waals surface area contributed by atoms with Crippen LogP contribution in [0.5, 0.6) is 0 Å². The lowest BCUT2D eigenvalue weighted by atomic mass is 9.71. The summed E-state index contributed by atoms with van der Waals surface area (Å²) < 4.78 is 30.5. The standard InChI is InChI=1S/C30H27BrCl2F2N4O4/c31-20-10-24(39(42)43)17(8-22(20)34)12-36-28-25(14-40)38(13-15-4-5-15)30(26(28)19-2-1-3-21(33)27(19)35)11-16-6-7-18(32)9-23(16)37-29(30)41/h1-3,6-10,15,25-26,28,36,40H,4-5,11-14H2,(H,37,41)/t25-,26-,28+,30+/m0/s1. The SMILES string of the molecule is O=C1Nc2cc(Cl)ccc2C[C@@]12[C@@H](c1cccc(Cl)c1F)[C@H](NCc1cc(F)c(Br)cc1[N+](=O)[O-])[C@H](CO)N2CC1CC1. The van der Waals surface area contributed by atoms with E-state index < -0.39 is 40.1 Å². The molecule has 1 aliphatic carbocycles. The number of hydrogen-bond donors (Lipinski definition) is 3. The Balaban J connectivity index is 1.51. The Kier molecular flexibility index (Phi) is 8.25. The smallest absolute Gasteiger partial charge is 0.275 e. The summed E-state index contributed by atoms with van der Waals surface area (Å²) >= 11 is 15.5. The van der Waals surface area contributed by atoms with Crippen molar-refractivity contribution in [1.29, 1.82) is 0 Å². The average molecular weight is 696 g/mol. The molecule has 2 heterocycles. The number of likely N-dealkylation sites (tertiary alicyclic amines) is 1. The second-order valence-electron chi connectivity index (χ2n) is 11.4. The number of carbonyl (C=O) groups excluding carboxylic acids is 1. The zero-order valence-electron chi connectivity index (χ0n) is 22.6. The maximum absolute atomic E-state index is 16.0. The van der Waals surface area contributed by atoms with Crippen LogP contribution in [0.25, 0.3) is 0 Å². The number of nitro benzene ring substituents is 1. The van der Waals surface area contributed by atoms with Crippen molar-refractivity contribution in [3.05, 3.63) is 101 Å². The van der Waals surface area contributed by atoms with Gasteiger partial charge in [0.15, 0.2) is 0 Å². The predicted octanol–water partition coefficient (Wildman–Crippen LogP) is 6.20. The number of nitrogens with zero attached hydrogens (tertiary/aromatic N) is 2. The van der Waals surface area contributed by atoms with Gasteiger partial charge in [-0.05, 0) is 70.1 Å². The third kappa shape index (κ3) is 5.34. The largest absolute Gasteiger partial charge is 0.395 e. The van der Waals surface area contributed by atoms with E-state index in [4.69, 9.17) is 23.2 Å². The molecule has 1 spiro atoms. The predicted molar refractivity (Wildman–Crippen MR) is 162 cm³/mol. The molecule has 0 aromatic heterocycles. The van der Waals surface area contributed by atoms with Crippen LogP contribution in [0.3, 0.4) is 0 Å². The molecular formula is C30H27BrCl2F2N4O4. The van der Waals surface area contributed by atoms with Crippen LogP contribution in [0.4, 0.5) is 20.2 Å². The van der Waals surface area contributed by atoms with Gasteiger partial charge in [0, 0.05) is 59.9 Å². The Morgan fingerprint density at radius 1 is 1.19 bits per heavy atom. The van der Waals surface area contributed by atoms with Crippen molar-refractivity contribution < 1.29 is 23.6 Å². The minimum Gasteiger partial charge on any atom is -0.395 e. The second kappa shape index (κ2) is 11.7. The number of fused-ring (bicyclic) bond motifs is 1. The van der Waals surface area contributed by atoms with Crippen LogP contribution in [0, 0.1) is 27.7 Å². The average Bonchev–Trinajstić information content (AvgIpc) is 3.75. The zero-order chi connectivity index (χ0) is 30.6. The van der Waals surface area contributed by atoms with Crippen molar-refractivity contribution in [3.8, 4) is 0 Å². The molecule has 0 bridgehead atoms. The number of rotatable bonds is 8. The van der Waals surface area contributed by atoms with Crippen LogP contribution in [0.1, 0.15) is 35.4 Å². The third-order valence-electron chi connectivity index (χ3n) is 8.88. The summed E-state index contributed by atoms with van der Waals surface area (Å²) in [6.07, 6.45) is 2.10. The van der Waals surface area contributed by atoms with Crippen LogP contribution in [0.15, 0.2) is 53.0 Å². The molecule has 2 aliphatic heterocycles.